The molecule has 53 heavy (non-hydrogen) atoms. The van der Waals surface area contributed by atoms with E-state index in [0.717, 1.165) is 44.9 Å². The van der Waals surface area contributed by atoms with Gasteiger partial charge in [-0.3, -0.25) is 9.59 Å². The fourth-order valence-electron chi connectivity index (χ4n) is 6.14. The van der Waals surface area contributed by atoms with Crippen LogP contribution in [0.2, 0.25) is 0 Å². The van der Waals surface area contributed by atoms with Crippen molar-refractivity contribution in [2.75, 3.05) is 41.0 Å². The van der Waals surface area contributed by atoms with Crippen molar-refractivity contribution in [2.24, 2.45) is 0 Å². The molecular formula is C45H82NO7+. The number of unbranched alkanes of at least 4 members (excludes halogenated alkanes) is 18. The van der Waals surface area contributed by atoms with E-state index in [4.69, 9.17) is 14.2 Å². The molecule has 0 fully saturated rings. The molecule has 8 nitrogen and oxygen atoms in total. The summed E-state index contributed by atoms with van der Waals surface area (Å²) >= 11 is 0. The molecule has 0 aromatic carbocycles. The SMILES string of the molecule is CCCCCCCC/C=C/C/C=C/CCC(=O)OCC(COCCC(C(=O)O)[N+](C)(C)C)OC(=O)CCCCCCC/C=C/CCCCCCCCC. The summed E-state index contributed by atoms with van der Waals surface area (Å²) in [4.78, 5) is 36.9. The van der Waals surface area contributed by atoms with E-state index in [-0.39, 0.29) is 42.7 Å². The number of esters is 2. The lowest BCUT2D eigenvalue weighted by molar-refractivity contribution is -0.887. The van der Waals surface area contributed by atoms with Crippen LogP contribution in [0.15, 0.2) is 36.5 Å². The van der Waals surface area contributed by atoms with Gasteiger partial charge in [0.15, 0.2) is 12.1 Å². The third-order valence-corrected chi connectivity index (χ3v) is 9.53. The Labute approximate surface area is 325 Å². The number of carboxylic acid groups (broad SMARTS) is 1. The molecule has 2 unspecified atom stereocenters. The zero-order valence-electron chi connectivity index (χ0n) is 35.0. The predicted molar refractivity (Wildman–Crippen MR) is 220 cm³/mol. The quantitative estimate of drug-likeness (QED) is 0.0290. The first-order valence-corrected chi connectivity index (χ1v) is 21.5. The van der Waals surface area contributed by atoms with Crippen molar-refractivity contribution < 1.29 is 38.2 Å². The molecule has 2 atom stereocenters. The number of carbonyl (C=O) groups excluding carboxylic acids is 2. The molecule has 0 aromatic rings. The average Bonchev–Trinajstić information content (AvgIpc) is 3.11. The Morgan fingerprint density at radius 2 is 1.04 bits per heavy atom. The third-order valence-electron chi connectivity index (χ3n) is 9.53. The number of rotatable bonds is 38. The minimum atomic E-state index is -0.883. The Balaban J connectivity index is 4.44. The first-order chi connectivity index (χ1) is 25.6. The van der Waals surface area contributed by atoms with Crippen molar-refractivity contribution in [2.45, 2.75) is 193 Å². The van der Waals surface area contributed by atoms with Crippen LogP contribution in [0.25, 0.3) is 0 Å². The number of aliphatic carboxylic acids is 1. The molecule has 0 aliphatic heterocycles. The van der Waals surface area contributed by atoms with Gasteiger partial charge in [-0.25, -0.2) is 4.79 Å². The van der Waals surface area contributed by atoms with Crippen molar-refractivity contribution in [1.29, 1.82) is 0 Å². The van der Waals surface area contributed by atoms with Crippen LogP contribution in [0.5, 0.6) is 0 Å². The maximum Gasteiger partial charge on any atom is 0.362 e. The van der Waals surface area contributed by atoms with Gasteiger partial charge in [-0.1, -0.05) is 140 Å². The average molecular weight is 749 g/mol. The summed E-state index contributed by atoms with van der Waals surface area (Å²) in [6.45, 7) is 4.65. The monoisotopic (exact) mass is 749 g/mol. The molecule has 0 aromatic heterocycles. The number of allylic oxidation sites excluding steroid dienone is 6. The number of quaternary nitrogens is 1. The second-order valence-corrected chi connectivity index (χ2v) is 15.6. The second-order valence-electron chi connectivity index (χ2n) is 15.6. The van der Waals surface area contributed by atoms with Crippen molar-refractivity contribution in [1.82, 2.24) is 0 Å². The van der Waals surface area contributed by atoms with Gasteiger partial charge in [0.2, 0.25) is 0 Å². The highest BCUT2D eigenvalue weighted by Crippen LogP contribution is 2.13. The summed E-state index contributed by atoms with van der Waals surface area (Å²) in [7, 11) is 5.51. The van der Waals surface area contributed by atoms with Gasteiger partial charge >= 0.3 is 17.9 Å². The van der Waals surface area contributed by atoms with Crippen molar-refractivity contribution in [3.8, 4) is 0 Å². The Hall–Kier alpha value is -2.45. The molecule has 0 amide bonds. The lowest BCUT2D eigenvalue weighted by atomic mass is 10.1. The van der Waals surface area contributed by atoms with Crippen LogP contribution in [-0.4, -0.2) is 80.6 Å². The van der Waals surface area contributed by atoms with E-state index in [1.165, 1.54) is 96.3 Å². The Morgan fingerprint density at radius 1 is 0.566 bits per heavy atom. The smallest absolute Gasteiger partial charge is 0.362 e. The van der Waals surface area contributed by atoms with Gasteiger partial charge < -0.3 is 23.8 Å². The number of ether oxygens (including phenoxy) is 3. The van der Waals surface area contributed by atoms with E-state index >= 15 is 0 Å². The van der Waals surface area contributed by atoms with Gasteiger partial charge in [-0.15, -0.1) is 0 Å². The van der Waals surface area contributed by atoms with E-state index in [9.17, 15) is 19.5 Å². The van der Waals surface area contributed by atoms with Crippen LogP contribution in [0.3, 0.4) is 0 Å². The zero-order valence-corrected chi connectivity index (χ0v) is 35.0. The van der Waals surface area contributed by atoms with Crippen LogP contribution in [0, 0.1) is 0 Å². The lowest BCUT2D eigenvalue weighted by Gasteiger charge is -2.31. The molecule has 308 valence electrons. The number of hydrogen-bond donors (Lipinski definition) is 1. The summed E-state index contributed by atoms with van der Waals surface area (Å²) < 4.78 is 17.2. The second kappa shape index (κ2) is 36.5. The molecule has 0 rings (SSSR count). The minimum Gasteiger partial charge on any atom is -0.477 e. The highest BCUT2D eigenvalue weighted by molar-refractivity contribution is 5.72. The molecule has 0 radical (unpaired) electrons. The first-order valence-electron chi connectivity index (χ1n) is 21.5. The van der Waals surface area contributed by atoms with E-state index in [1.807, 2.05) is 27.2 Å². The van der Waals surface area contributed by atoms with E-state index in [0.29, 0.717) is 19.3 Å². The number of carboxylic acids is 1. The van der Waals surface area contributed by atoms with E-state index < -0.39 is 18.1 Å². The van der Waals surface area contributed by atoms with Crippen molar-refractivity contribution in [3.63, 3.8) is 0 Å². The number of likely N-dealkylation sites (N-methyl/N-ethyl adjacent to an activating group) is 1. The summed E-state index contributed by atoms with van der Waals surface area (Å²) in [5.74, 6) is -1.56. The highest BCUT2D eigenvalue weighted by Gasteiger charge is 2.31. The molecule has 0 spiro atoms. The molecule has 8 heteroatoms. The maximum absolute atomic E-state index is 12.7. The summed E-state index contributed by atoms with van der Waals surface area (Å²) in [5.41, 5.74) is 0. The standard InChI is InChI=1S/C45H81NO7/c1-6-8-10-12-14-16-18-20-21-22-24-26-28-30-32-34-36-44(48)53-41(39-51-38-37-42(45(49)50)46(3,4)5)40-52-43(47)35-33-31-29-27-25-23-19-17-15-13-11-9-7-2/h21-23,25,29,31,41-42H,6-20,24,26-28,30,32-40H2,1-5H3/p+1/b22-21+,25-23+,31-29+. The molecule has 0 aliphatic rings. The number of hydrogen-bond acceptors (Lipinski definition) is 6. The summed E-state index contributed by atoms with van der Waals surface area (Å²) in [6.07, 6.45) is 40.6. The predicted octanol–water partition coefficient (Wildman–Crippen LogP) is 11.5. The van der Waals surface area contributed by atoms with E-state index in [2.05, 4.69) is 44.2 Å². The first kappa shape index (κ1) is 50.5. The molecular weight excluding hydrogens is 666 g/mol. The Kier molecular flexibility index (Phi) is 34.8. The Morgan fingerprint density at radius 3 is 1.55 bits per heavy atom. The molecule has 0 saturated carbocycles. The van der Waals surface area contributed by atoms with Crippen molar-refractivity contribution in [3.05, 3.63) is 36.5 Å². The lowest BCUT2D eigenvalue weighted by Crippen LogP contribution is -2.50. The number of nitrogens with zero attached hydrogens (tertiary/aromatic N) is 1. The Bertz CT molecular complexity index is 968. The molecule has 0 saturated heterocycles. The van der Waals surface area contributed by atoms with Gasteiger partial charge in [0.25, 0.3) is 0 Å². The van der Waals surface area contributed by atoms with Crippen LogP contribution < -0.4 is 0 Å². The fraction of sp³-hybridized carbons (Fsp3) is 0.800. The summed E-state index contributed by atoms with van der Waals surface area (Å²) in [6, 6.07) is -0.622. The summed E-state index contributed by atoms with van der Waals surface area (Å²) in [5, 5.41) is 9.60. The highest BCUT2D eigenvalue weighted by atomic mass is 16.6. The largest absolute Gasteiger partial charge is 0.477 e. The van der Waals surface area contributed by atoms with Crippen molar-refractivity contribution >= 4 is 17.9 Å². The van der Waals surface area contributed by atoms with Crippen LogP contribution in [0.1, 0.15) is 181 Å². The minimum absolute atomic E-state index is 0.0416. The van der Waals surface area contributed by atoms with Crippen LogP contribution in [0.4, 0.5) is 0 Å². The van der Waals surface area contributed by atoms with Gasteiger partial charge in [0, 0.05) is 19.3 Å². The van der Waals surface area contributed by atoms with Gasteiger partial charge in [-0.2, -0.15) is 0 Å². The topological polar surface area (TPSA) is 99.1 Å². The molecule has 1 N–H and O–H groups in total. The van der Waals surface area contributed by atoms with Crippen LogP contribution >= 0.6 is 0 Å². The molecule has 0 bridgehead atoms. The normalized spacial score (nSPS) is 13.3. The molecule has 0 heterocycles. The van der Waals surface area contributed by atoms with E-state index in [1.54, 1.807) is 0 Å². The fourth-order valence-corrected chi connectivity index (χ4v) is 6.14. The third kappa shape index (κ3) is 35.0. The van der Waals surface area contributed by atoms with Gasteiger partial charge in [-0.05, 0) is 57.8 Å². The maximum atomic E-state index is 12.7. The van der Waals surface area contributed by atoms with Gasteiger partial charge in [0.05, 0.1) is 34.4 Å². The zero-order chi connectivity index (χ0) is 39.3. The van der Waals surface area contributed by atoms with Crippen LogP contribution in [-0.2, 0) is 28.6 Å². The van der Waals surface area contributed by atoms with Gasteiger partial charge in [0.1, 0.15) is 6.61 Å². The number of carbonyl (C=O) groups is 3. The molecule has 0 aliphatic carbocycles.